The van der Waals surface area contributed by atoms with E-state index in [1.54, 1.807) is 9.80 Å². The van der Waals surface area contributed by atoms with Crippen LogP contribution in [0.5, 0.6) is 0 Å². The topological polar surface area (TPSA) is 40.2 Å². The summed E-state index contributed by atoms with van der Waals surface area (Å²) in [7, 11) is 0. The number of anilines is 2. The van der Waals surface area contributed by atoms with Crippen LogP contribution in [0.2, 0.25) is 0 Å². The number of benzene rings is 3. The molecule has 2 aliphatic rings. The first-order chi connectivity index (χ1) is 12.7. The van der Waals surface area contributed by atoms with E-state index in [0.717, 1.165) is 33.6 Å². The summed E-state index contributed by atoms with van der Waals surface area (Å²) < 4.78 is 0. The Morgan fingerprint density at radius 2 is 0.923 bits per heavy atom. The second-order valence-corrected chi connectivity index (χ2v) is 6.58. The van der Waals surface area contributed by atoms with Gasteiger partial charge in [0.1, 0.15) is 13.1 Å². The fourth-order valence-electron chi connectivity index (χ4n) is 3.36. The van der Waals surface area contributed by atoms with Crippen LogP contribution in [0.3, 0.4) is 0 Å². The number of rotatable bonds is 4. The van der Waals surface area contributed by atoms with Crippen LogP contribution < -0.4 is 9.80 Å². The third-order valence-corrected chi connectivity index (χ3v) is 4.85. The standard InChI is InChI=1S/C22H16N2O2/c25-21-13-23(21)19-12-18(16-9-5-2-6-10-16)20(24-14-22(24)26)11-17(19)15-7-3-1-4-8-15/h1-12H,13-14H2. The highest BCUT2D eigenvalue weighted by Gasteiger charge is 2.37. The predicted molar refractivity (Wildman–Crippen MR) is 102 cm³/mol. The first kappa shape index (κ1) is 14.9. The smallest absolute Gasteiger partial charge is 0.247 e. The zero-order valence-electron chi connectivity index (χ0n) is 14.1. The van der Waals surface area contributed by atoms with Crippen LogP contribution in [0, 0.1) is 0 Å². The lowest BCUT2D eigenvalue weighted by atomic mass is 9.96. The lowest BCUT2D eigenvalue weighted by Gasteiger charge is -2.17. The van der Waals surface area contributed by atoms with Crippen molar-refractivity contribution in [3.05, 3.63) is 72.8 Å². The molecule has 3 aromatic carbocycles. The van der Waals surface area contributed by atoms with Gasteiger partial charge in [-0.25, -0.2) is 0 Å². The lowest BCUT2D eigenvalue weighted by Crippen LogP contribution is -2.02. The number of hydrogen-bond acceptors (Lipinski definition) is 2. The molecule has 0 bridgehead atoms. The molecule has 0 N–H and O–H groups in total. The molecule has 0 saturated carbocycles. The molecule has 4 heteroatoms. The van der Waals surface area contributed by atoms with Crippen LogP contribution in [0.15, 0.2) is 72.8 Å². The van der Waals surface area contributed by atoms with E-state index in [1.807, 2.05) is 72.8 Å². The summed E-state index contributed by atoms with van der Waals surface area (Å²) in [5.74, 6) is 0.244. The van der Waals surface area contributed by atoms with Gasteiger partial charge in [-0.3, -0.25) is 9.59 Å². The van der Waals surface area contributed by atoms with Crippen molar-refractivity contribution in [1.29, 1.82) is 0 Å². The van der Waals surface area contributed by atoms with Crippen molar-refractivity contribution in [2.45, 2.75) is 0 Å². The lowest BCUT2D eigenvalue weighted by molar-refractivity contribution is -0.110. The average Bonchev–Trinajstić information content (AvgIpc) is 3.60. The second kappa shape index (κ2) is 5.56. The van der Waals surface area contributed by atoms with Gasteiger partial charge in [-0.05, 0) is 23.3 Å². The van der Waals surface area contributed by atoms with Crippen LogP contribution in [0.4, 0.5) is 11.4 Å². The highest BCUT2D eigenvalue weighted by molar-refractivity contribution is 6.17. The van der Waals surface area contributed by atoms with Crippen molar-refractivity contribution in [1.82, 2.24) is 0 Å². The Hall–Kier alpha value is -3.40. The molecule has 0 aliphatic carbocycles. The van der Waals surface area contributed by atoms with Gasteiger partial charge in [-0.1, -0.05) is 60.7 Å². The molecule has 26 heavy (non-hydrogen) atoms. The van der Waals surface area contributed by atoms with Crippen LogP contribution in [0.1, 0.15) is 0 Å². The summed E-state index contributed by atoms with van der Waals surface area (Å²) in [6, 6.07) is 24.1. The van der Waals surface area contributed by atoms with Crippen LogP contribution in [-0.2, 0) is 9.59 Å². The molecule has 2 aliphatic heterocycles. The molecule has 5 rings (SSSR count). The minimum Gasteiger partial charge on any atom is -0.301 e. The SMILES string of the molecule is O=C1CN1c1cc(-c2ccccc2)c(N2CC2=O)cc1-c1ccccc1. The molecular formula is C22H16N2O2. The minimum absolute atomic E-state index is 0.122. The van der Waals surface area contributed by atoms with Gasteiger partial charge in [0.2, 0.25) is 11.8 Å². The van der Waals surface area contributed by atoms with Gasteiger partial charge in [-0.15, -0.1) is 0 Å². The van der Waals surface area contributed by atoms with Gasteiger partial charge in [0.15, 0.2) is 0 Å². The third-order valence-electron chi connectivity index (χ3n) is 4.85. The molecule has 126 valence electrons. The van der Waals surface area contributed by atoms with E-state index >= 15 is 0 Å². The molecule has 2 saturated heterocycles. The van der Waals surface area contributed by atoms with E-state index in [4.69, 9.17) is 0 Å². The maximum atomic E-state index is 11.9. The maximum absolute atomic E-state index is 11.9. The Kier molecular flexibility index (Phi) is 3.19. The quantitative estimate of drug-likeness (QED) is 0.679. The summed E-state index contributed by atoms with van der Waals surface area (Å²) >= 11 is 0. The second-order valence-electron chi connectivity index (χ2n) is 6.58. The zero-order chi connectivity index (χ0) is 17.7. The van der Waals surface area contributed by atoms with Gasteiger partial charge >= 0.3 is 0 Å². The molecule has 2 fully saturated rings. The molecular weight excluding hydrogens is 324 g/mol. The number of hydrogen-bond donors (Lipinski definition) is 0. The predicted octanol–water partition coefficient (Wildman–Crippen LogP) is 3.71. The number of nitrogens with zero attached hydrogens (tertiary/aromatic N) is 2. The molecule has 4 nitrogen and oxygen atoms in total. The summed E-state index contributed by atoms with van der Waals surface area (Å²) in [6.45, 7) is 0.881. The van der Waals surface area contributed by atoms with Gasteiger partial charge < -0.3 is 9.80 Å². The molecule has 3 aromatic rings. The summed E-state index contributed by atoms with van der Waals surface area (Å²) in [5.41, 5.74) is 5.84. The van der Waals surface area contributed by atoms with E-state index < -0.39 is 0 Å². The molecule has 0 radical (unpaired) electrons. The Morgan fingerprint density at radius 3 is 1.23 bits per heavy atom. The minimum atomic E-state index is 0.122. The van der Waals surface area contributed by atoms with Crippen molar-refractivity contribution in [2.24, 2.45) is 0 Å². The number of carbonyl (C=O) groups is 2. The molecule has 0 spiro atoms. The largest absolute Gasteiger partial charge is 0.301 e. The van der Waals surface area contributed by atoms with Gasteiger partial charge in [-0.2, -0.15) is 0 Å². The Morgan fingerprint density at radius 1 is 0.577 bits per heavy atom. The van der Waals surface area contributed by atoms with Crippen molar-refractivity contribution >= 4 is 23.2 Å². The summed E-state index contributed by atoms with van der Waals surface area (Å²) in [4.78, 5) is 27.3. The molecule has 0 aromatic heterocycles. The zero-order valence-corrected chi connectivity index (χ0v) is 14.1. The van der Waals surface area contributed by atoms with Gasteiger partial charge in [0, 0.05) is 11.1 Å². The van der Waals surface area contributed by atoms with Gasteiger partial charge in [0.05, 0.1) is 11.4 Å². The fourth-order valence-corrected chi connectivity index (χ4v) is 3.36. The van der Waals surface area contributed by atoms with Crippen LogP contribution in [0.25, 0.3) is 22.3 Å². The molecule has 0 unspecified atom stereocenters. The normalized spacial score (nSPS) is 15.4. The first-order valence-electron chi connectivity index (χ1n) is 8.62. The third kappa shape index (κ3) is 2.47. The highest BCUT2D eigenvalue weighted by Crippen LogP contribution is 2.44. The molecule has 2 amide bonds. The van der Waals surface area contributed by atoms with E-state index in [-0.39, 0.29) is 11.8 Å². The van der Waals surface area contributed by atoms with E-state index in [0.29, 0.717) is 13.1 Å². The Bertz CT molecular complexity index is 944. The Labute approximate surface area is 151 Å². The van der Waals surface area contributed by atoms with Crippen LogP contribution >= 0.6 is 0 Å². The Balaban J connectivity index is 1.75. The monoisotopic (exact) mass is 340 g/mol. The van der Waals surface area contributed by atoms with Crippen molar-refractivity contribution < 1.29 is 9.59 Å². The summed E-state index contributed by atoms with van der Waals surface area (Å²) in [5, 5.41) is 0. The number of amides is 2. The first-order valence-corrected chi connectivity index (χ1v) is 8.62. The maximum Gasteiger partial charge on any atom is 0.247 e. The summed E-state index contributed by atoms with van der Waals surface area (Å²) in [6.07, 6.45) is 0. The average molecular weight is 340 g/mol. The van der Waals surface area contributed by atoms with E-state index in [2.05, 4.69) is 0 Å². The van der Waals surface area contributed by atoms with E-state index in [1.165, 1.54) is 0 Å². The fraction of sp³-hybridized carbons (Fsp3) is 0.0909. The van der Waals surface area contributed by atoms with Crippen molar-refractivity contribution in [2.75, 3.05) is 22.9 Å². The van der Waals surface area contributed by atoms with Crippen LogP contribution in [-0.4, -0.2) is 24.9 Å². The van der Waals surface area contributed by atoms with E-state index in [9.17, 15) is 9.59 Å². The molecule has 0 atom stereocenters. The molecule has 2 heterocycles. The van der Waals surface area contributed by atoms with Crippen molar-refractivity contribution in [3.63, 3.8) is 0 Å². The van der Waals surface area contributed by atoms with Crippen molar-refractivity contribution in [3.8, 4) is 22.3 Å². The highest BCUT2D eigenvalue weighted by atomic mass is 16.2. The number of carbonyl (C=O) groups excluding carboxylic acids is 2. The van der Waals surface area contributed by atoms with Gasteiger partial charge in [0.25, 0.3) is 0 Å².